The second kappa shape index (κ2) is 5.48. The van der Waals surface area contributed by atoms with E-state index in [0.717, 1.165) is 52.9 Å². The van der Waals surface area contributed by atoms with E-state index >= 15 is 0 Å². The number of hydrogen-bond acceptors (Lipinski definition) is 4. The Labute approximate surface area is 140 Å². The van der Waals surface area contributed by atoms with E-state index < -0.39 is 17.5 Å². The molecule has 0 saturated carbocycles. The van der Waals surface area contributed by atoms with Gasteiger partial charge in [-0.25, -0.2) is 13.8 Å². The number of hydrogen-bond donors (Lipinski definition) is 1. The minimum absolute atomic E-state index is 0.0808. The highest BCUT2D eigenvalue weighted by atomic mass is 32.1. The number of halogens is 2. The van der Waals surface area contributed by atoms with Gasteiger partial charge in [-0.3, -0.25) is 14.8 Å². The van der Waals surface area contributed by atoms with E-state index in [9.17, 15) is 13.6 Å². The van der Waals surface area contributed by atoms with Gasteiger partial charge in [0.05, 0.1) is 11.9 Å². The molecule has 1 amide bonds. The molecular formula is C16H12F2N4OS. The number of thiazole rings is 1. The van der Waals surface area contributed by atoms with Gasteiger partial charge < -0.3 is 0 Å². The molecule has 0 unspecified atom stereocenters. The van der Waals surface area contributed by atoms with Crippen molar-refractivity contribution in [2.24, 2.45) is 7.05 Å². The lowest BCUT2D eigenvalue weighted by Gasteiger charge is -2.10. The Morgan fingerprint density at radius 2 is 2.00 bits per heavy atom. The fourth-order valence-corrected chi connectivity index (χ4v) is 3.80. The van der Waals surface area contributed by atoms with E-state index in [0.29, 0.717) is 5.13 Å². The van der Waals surface area contributed by atoms with Crippen molar-refractivity contribution in [3.8, 4) is 11.3 Å². The summed E-state index contributed by atoms with van der Waals surface area (Å²) in [6.07, 6.45) is 3.45. The molecular weight excluding hydrogens is 334 g/mol. The molecule has 0 saturated heterocycles. The van der Waals surface area contributed by atoms with Crippen molar-refractivity contribution >= 4 is 22.4 Å². The Morgan fingerprint density at radius 3 is 2.75 bits per heavy atom. The maximum absolute atomic E-state index is 13.2. The molecule has 1 aliphatic carbocycles. The first-order chi connectivity index (χ1) is 11.5. The van der Waals surface area contributed by atoms with Crippen molar-refractivity contribution in [2.45, 2.75) is 12.8 Å². The first-order valence-corrected chi connectivity index (χ1v) is 8.11. The van der Waals surface area contributed by atoms with Gasteiger partial charge in [-0.2, -0.15) is 5.10 Å². The molecule has 0 fully saturated rings. The third-order valence-corrected chi connectivity index (χ3v) is 4.98. The van der Waals surface area contributed by atoms with Gasteiger partial charge in [0.2, 0.25) is 0 Å². The molecule has 24 heavy (non-hydrogen) atoms. The lowest BCUT2D eigenvalue weighted by molar-refractivity contribution is 0.102. The third-order valence-electron chi connectivity index (χ3n) is 3.95. The Bertz CT molecular complexity index is 943. The van der Waals surface area contributed by atoms with Crippen molar-refractivity contribution in [3.63, 3.8) is 0 Å². The molecule has 0 radical (unpaired) electrons. The molecule has 3 aromatic rings. The monoisotopic (exact) mass is 346 g/mol. The molecule has 0 bridgehead atoms. The van der Waals surface area contributed by atoms with E-state index in [-0.39, 0.29) is 5.56 Å². The molecule has 8 heteroatoms. The van der Waals surface area contributed by atoms with Crippen molar-refractivity contribution in [3.05, 3.63) is 52.2 Å². The Balaban J connectivity index is 1.63. The first-order valence-electron chi connectivity index (χ1n) is 7.29. The Morgan fingerprint density at radius 1 is 1.25 bits per heavy atom. The number of aromatic nitrogens is 3. The summed E-state index contributed by atoms with van der Waals surface area (Å²) < 4.78 is 28.3. The highest BCUT2D eigenvalue weighted by Gasteiger charge is 2.24. The molecule has 4 rings (SSSR count). The van der Waals surface area contributed by atoms with Gasteiger partial charge in [0.15, 0.2) is 5.13 Å². The van der Waals surface area contributed by atoms with Gasteiger partial charge in [-0.15, -0.1) is 11.3 Å². The summed E-state index contributed by atoms with van der Waals surface area (Å²) in [5.74, 6) is -2.18. The smallest absolute Gasteiger partial charge is 0.257 e. The Hall–Kier alpha value is -2.61. The Kier molecular flexibility index (Phi) is 3.42. The van der Waals surface area contributed by atoms with Crippen molar-refractivity contribution < 1.29 is 13.6 Å². The van der Waals surface area contributed by atoms with Crippen LogP contribution in [0, 0.1) is 11.6 Å². The minimum Gasteiger partial charge on any atom is -0.298 e. The zero-order valence-electron chi connectivity index (χ0n) is 12.6. The fraction of sp³-hybridized carbons (Fsp3) is 0.188. The van der Waals surface area contributed by atoms with Crippen LogP contribution in [0.5, 0.6) is 0 Å². The summed E-state index contributed by atoms with van der Waals surface area (Å²) in [4.78, 5) is 17.7. The van der Waals surface area contributed by atoms with Crippen LogP contribution in [0.1, 0.15) is 20.9 Å². The molecule has 1 aromatic carbocycles. The summed E-state index contributed by atoms with van der Waals surface area (Å²) in [7, 11) is 1.89. The molecule has 0 aliphatic heterocycles. The predicted molar refractivity (Wildman–Crippen MR) is 86.0 cm³/mol. The van der Waals surface area contributed by atoms with Crippen LogP contribution in [0.2, 0.25) is 0 Å². The molecule has 1 N–H and O–H groups in total. The summed E-state index contributed by atoms with van der Waals surface area (Å²) in [6, 6.07) is 2.71. The number of anilines is 1. The van der Waals surface area contributed by atoms with E-state index in [2.05, 4.69) is 15.4 Å². The normalized spacial score (nSPS) is 12.6. The summed E-state index contributed by atoms with van der Waals surface area (Å²) in [6.45, 7) is 0. The second-order valence-electron chi connectivity index (χ2n) is 5.53. The molecule has 0 atom stereocenters. The molecule has 0 spiro atoms. The predicted octanol–water partition coefficient (Wildman–Crippen LogP) is 3.17. The largest absolute Gasteiger partial charge is 0.298 e. The van der Waals surface area contributed by atoms with Crippen LogP contribution in [-0.4, -0.2) is 20.7 Å². The third kappa shape index (κ3) is 2.48. The van der Waals surface area contributed by atoms with Gasteiger partial charge in [0.1, 0.15) is 11.6 Å². The van der Waals surface area contributed by atoms with E-state index in [1.54, 1.807) is 6.20 Å². The van der Waals surface area contributed by atoms with Crippen LogP contribution >= 0.6 is 11.3 Å². The summed E-state index contributed by atoms with van der Waals surface area (Å²) >= 11 is 1.37. The maximum atomic E-state index is 13.2. The number of carbonyl (C=O) groups is 1. The van der Waals surface area contributed by atoms with E-state index in [1.165, 1.54) is 11.3 Å². The van der Waals surface area contributed by atoms with E-state index in [1.807, 2.05) is 11.7 Å². The van der Waals surface area contributed by atoms with Gasteiger partial charge in [0, 0.05) is 34.8 Å². The highest BCUT2D eigenvalue weighted by Crippen LogP contribution is 2.37. The molecule has 2 aromatic heterocycles. The number of nitrogens with zero attached hydrogens (tertiary/aromatic N) is 3. The highest BCUT2D eigenvalue weighted by molar-refractivity contribution is 7.16. The lowest BCUT2D eigenvalue weighted by atomic mass is 10.0. The lowest BCUT2D eigenvalue weighted by Crippen LogP contribution is -2.12. The van der Waals surface area contributed by atoms with Crippen LogP contribution in [0.15, 0.2) is 24.4 Å². The number of nitrogens with one attached hydrogen (secondary N) is 1. The average molecular weight is 346 g/mol. The van der Waals surface area contributed by atoms with Gasteiger partial charge in [0.25, 0.3) is 5.91 Å². The SMILES string of the molecule is Cn1ncc2c1CCc1sc(NC(=O)c3cc(F)cc(F)c3)nc1-2. The van der Waals surface area contributed by atoms with Crippen LogP contribution < -0.4 is 5.32 Å². The van der Waals surface area contributed by atoms with Crippen molar-refractivity contribution in [1.82, 2.24) is 14.8 Å². The van der Waals surface area contributed by atoms with Crippen molar-refractivity contribution in [2.75, 3.05) is 5.32 Å². The molecule has 1 aliphatic rings. The van der Waals surface area contributed by atoms with Gasteiger partial charge in [-0.1, -0.05) is 0 Å². The van der Waals surface area contributed by atoms with Gasteiger partial charge in [-0.05, 0) is 25.0 Å². The topological polar surface area (TPSA) is 59.8 Å². The number of aryl methyl sites for hydroxylation is 2. The molecule has 2 heterocycles. The second-order valence-corrected chi connectivity index (χ2v) is 6.62. The van der Waals surface area contributed by atoms with Crippen LogP contribution in [-0.2, 0) is 19.9 Å². The number of rotatable bonds is 2. The zero-order valence-corrected chi connectivity index (χ0v) is 13.5. The minimum atomic E-state index is -0.793. The molecule has 122 valence electrons. The molecule has 5 nitrogen and oxygen atoms in total. The van der Waals surface area contributed by atoms with Crippen molar-refractivity contribution in [1.29, 1.82) is 0 Å². The van der Waals surface area contributed by atoms with Crippen LogP contribution in [0.25, 0.3) is 11.3 Å². The summed E-state index contributed by atoms with van der Waals surface area (Å²) in [5, 5.41) is 7.27. The zero-order chi connectivity index (χ0) is 16.8. The van der Waals surface area contributed by atoms with Gasteiger partial charge >= 0.3 is 0 Å². The fourth-order valence-electron chi connectivity index (χ4n) is 2.83. The number of fused-ring (bicyclic) bond motifs is 3. The quantitative estimate of drug-likeness (QED) is 0.775. The van der Waals surface area contributed by atoms with Crippen LogP contribution in [0.3, 0.4) is 0 Å². The first kappa shape index (κ1) is 14.9. The number of carbonyl (C=O) groups excluding carboxylic acids is 1. The summed E-state index contributed by atoms with van der Waals surface area (Å²) in [5.41, 5.74) is 2.81. The number of amides is 1. The van der Waals surface area contributed by atoms with E-state index in [4.69, 9.17) is 0 Å². The number of benzene rings is 1. The van der Waals surface area contributed by atoms with Crippen LogP contribution in [0.4, 0.5) is 13.9 Å². The standard InChI is InChI=1S/C16H12F2N4OS/c1-22-12-2-3-13-14(11(12)7-19-22)20-16(24-13)21-15(23)8-4-9(17)6-10(18)5-8/h4-7H,2-3H2,1H3,(H,20,21,23). The maximum Gasteiger partial charge on any atom is 0.257 e. The average Bonchev–Trinajstić information content (AvgIpc) is 3.09.